The molecule has 108 valence electrons. The number of hydrogen-bond acceptors (Lipinski definition) is 2. The molecule has 0 aliphatic carbocycles. The smallest absolute Gasteiger partial charge is 0.123 e. The molecule has 1 nitrogen and oxygen atoms in total. The van der Waals surface area contributed by atoms with Gasteiger partial charge >= 0.3 is 0 Å². The van der Waals surface area contributed by atoms with Crippen molar-refractivity contribution in [2.45, 2.75) is 0 Å². The number of para-hydroxylation sites is 1. The van der Waals surface area contributed by atoms with E-state index in [-0.39, 0.29) is 5.75 Å². The number of halogens is 2. The summed E-state index contributed by atoms with van der Waals surface area (Å²) in [6.45, 7) is 0. The lowest BCUT2D eigenvalue weighted by Crippen LogP contribution is -1.83. The summed E-state index contributed by atoms with van der Waals surface area (Å²) in [6, 6.07) is 17.1. The van der Waals surface area contributed by atoms with Crippen LogP contribution in [0.25, 0.3) is 31.3 Å². The van der Waals surface area contributed by atoms with Crippen LogP contribution in [0.3, 0.4) is 0 Å². The third kappa shape index (κ3) is 1.99. The highest BCUT2D eigenvalue weighted by atomic mass is 35.5. The molecule has 3 aromatic carbocycles. The van der Waals surface area contributed by atoms with Crippen LogP contribution in [0.2, 0.25) is 10.0 Å². The second-order valence-electron chi connectivity index (χ2n) is 5.03. The molecule has 0 atom stereocenters. The SMILES string of the molecule is Oc1ccccc1-c1c(Cl)cc(Cl)c2c1sc1ccccc12. The molecule has 0 bridgehead atoms. The molecule has 4 heteroatoms. The monoisotopic (exact) mass is 344 g/mol. The van der Waals surface area contributed by atoms with E-state index in [1.54, 1.807) is 29.5 Å². The normalized spacial score (nSPS) is 11.4. The molecule has 22 heavy (non-hydrogen) atoms. The summed E-state index contributed by atoms with van der Waals surface area (Å²) in [6.07, 6.45) is 0. The first-order valence-electron chi connectivity index (χ1n) is 6.74. The van der Waals surface area contributed by atoms with E-state index in [0.717, 1.165) is 31.3 Å². The van der Waals surface area contributed by atoms with Gasteiger partial charge in [-0.3, -0.25) is 0 Å². The largest absolute Gasteiger partial charge is 0.507 e. The van der Waals surface area contributed by atoms with Gasteiger partial charge in [-0.05, 0) is 18.2 Å². The third-order valence-electron chi connectivity index (χ3n) is 3.73. The number of hydrogen-bond donors (Lipinski definition) is 1. The molecular weight excluding hydrogens is 335 g/mol. The van der Waals surface area contributed by atoms with Crippen LogP contribution < -0.4 is 0 Å². The Bertz CT molecular complexity index is 1020. The van der Waals surface area contributed by atoms with Crippen molar-refractivity contribution in [1.29, 1.82) is 0 Å². The predicted octanol–water partition coefficient (Wildman–Crippen LogP) is 6.73. The average molecular weight is 345 g/mol. The molecule has 0 radical (unpaired) electrons. The molecule has 0 saturated carbocycles. The number of phenolic OH excluding ortho intramolecular Hbond substituents is 1. The van der Waals surface area contributed by atoms with Crippen molar-refractivity contribution >= 4 is 54.7 Å². The maximum absolute atomic E-state index is 10.2. The Kier molecular flexibility index (Phi) is 3.26. The lowest BCUT2D eigenvalue weighted by molar-refractivity contribution is 0.477. The van der Waals surface area contributed by atoms with E-state index in [4.69, 9.17) is 23.2 Å². The topological polar surface area (TPSA) is 20.2 Å². The maximum atomic E-state index is 10.2. The van der Waals surface area contributed by atoms with E-state index in [9.17, 15) is 5.11 Å². The average Bonchev–Trinajstić information content (AvgIpc) is 2.88. The zero-order chi connectivity index (χ0) is 15.3. The Labute approximate surface area is 141 Å². The van der Waals surface area contributed by atoms with Crippen LogP contribution in [0.4, 0.5) is 0 Å². The first-order valence-corrected chi connectivity index (χ1v) is 8.31. The van der Waals surface area contributed by atoms with Crippen molar-refractivity contribution < 1.29 is 5.11 Å². The van der Waals surface area contributed by atoms with Crippen LogP contribution in [0, 0.1) is 0 Å². The van der Waals surface area contributed by atoms with Crippen molar-refractivity contribution in [3.63, 3.8) is 0 Å². The minimum Gasteiger partial charge on any atom is -0.507 e. The summed E-state index contributed by atoms with van der Waals surface area (Å²) in [5.74, 6) is 0.213. The van der Waals surface area contributed by atoms with E-state index in [1.165, 1.54) is 0 Å². The third-order valence-corrected chi connectivity index (χ3v) is 5.51. The molecule has 0 aliphatic heterocycles. The highest BCUT2D eigenvalue weighted by Gasteiger charge is 2.18. The van der Waals surface area contributed by atoms with Crippen LogP contribution in [0.5, 0.6) is 5.75 Å². The number of aromatic hydroxyl groups is 1. The van der Waals surface area contributed by atoms with Gasteiger partial charge in [-0.2, -0.15) is 0 Å². The van der Waals surface area contributed by atoms with Gasteiger partial charge in [-0.15, -0.1) is 11.3 Å². The fourth-order valence-electron chi connectivity index (χ4n) is 2.76. The second-order valence-corrected chi connectivity index (χ2v) is 6.90. The van der Waals surface area contributed by atoms with Gasteiger partial charge in [0, 0.05) is 31.3 Å². The lowest BCUT2D eigenvalue weighted by atomic mass is 10.0. The zero-order valence-electron chi connectivity index (χ0n) is 11.3. The Morgan fingerprint density at radius 1 is 0.864 bits per heavy atom. The second kappa shape index (κ2) is 5.17. The van der Waals surface area contributed by atoms with Crippen LogP contribution in [0.1, 0.15) is 0 Å². The molecule has 0 aliphatic rings. The van der Waals surface area contributed by atoms with Crippen molar-refractivity contribution in [2.24, 2.45) is 0 Å². The molecule has 4 rings (SSSR count). The number of thiophene rings is 1. The van der Waals surface area contributed by atoms with Crippen LogP contribution in [0.15, 0.2) is 54.6 Å². The molecule has 0 saturated heterocycles. The van der Waals surface area contributed by atoms with Crippen molar-refractivity contribution in [3.8, 4) is 16.9 Å². The number of phenols is 1. The molecule has 0 amide bonds. The molecule has 0 unspecified atom stereocenters. The molecule has 0 fully saturated rings. The molecule has 1 N–H and O–H groups in total. The Morgan fingerprint density at radius 3 is 2.41 bits per heavy atom. The minimum atomic E-state index is 0.213. The lowest BCUT2D eigenvalue weighted by Gasteiger charge is -2.09. The van der Waals surface area contributed by atoms with Gasteiger partial charge < -0.3 is 5.11 Å². The van der Waals surface area contributed by atoms with Crippen LogP contribution in [-0.4, -0.2) is 5.11 Å². The fraction of sp³-hybridized carbons (Fsp3) is 0. The molecule has 1 aromatic heterocycles. The summed E-state index contributed by atoms with van der Waals surface area (Å²) in [4.78, 5) is 0. The van der Waals surface area contributed by atoms with Gasteiger partial charge in [-0.25, -0.2) is 0 Å². The van der Waals surface area contributed by atoms with Gasteiger partial charge in [0.1, 0.15) is 5.75 Å². The summed E-state index contributed by atoms with van der Waals surface area (Å²) >= 11 is 14.5. The predicted molar refractivity (Wildman–Crippen MR) is 96.5 cm³/mol. The fourth-order valence-corrected chi connectivity index (χ4v) is 4.83. The minimum absolute atomic E-state index is 0.213. The maximum Gasteiger partial charge on any atom is 0.123 e. The molecule has 4 aromatic rings. The Balaban J connectivity index is 2.22. The highest BCUT2D eigenvalue weighted by Crippen LogP contribution is 2.48. The van der Waals surface area contributed by atoms with E-state index >= 15 is 0 Å². The van der Waals surface area contributed by atoms with Gasteiger partial charge in [-0.1, -0.05) is 59.6 Å². The summed E-state index contributed by atoms with van der Waals surface area (Å²) < 4.78 is 2.15. The zero-order valence-corrected chi connectivity index (χ0v) is 13.6. The summed E-state index contributed by atoms with van der Waals surface area (Å²) in [5.41, 5.74) is 1.56. The van der Waals surface area contributed by atoms with E-state index in [2.05, 4.69) is 12.1 Å². The van der Waals surface area contributed by atoms with Crippen LogP contribution >= 0.6 is 34.5 Å². The molecule has 1 heterocycles. The van der Waals surface area contributed by atoms with E-state index < -0.39 is 0 Å². The van der Waals surface area contributed by atoms with Gasteiger partial charge in [0.2, 0.25) is 0 Å². The molecule has 0 spiro atoms. The Hall–Kier alpha value is -1.74. The number of fused-ring (bicyclic) bond motifs is 3. The van der Waals surface area contributed by atoms with Crippen molar-refractivity contribution in [2.75, 3.05) is 0 Å². The molecular formula is C18H10Cl2OS. The Morgan fingerprint density at radius 2 is 1.59 bits per heavy atom. The van der Waals surface area contributed by atoms with E-state index in [0.29, 0.717) is 10.0 Å². The van der Waals surface area contributed by atoms with E-state index in [1.807, 2.05) is 24.3 Å². The number of rotatable bonds is 1. The van der Waals surface area contributed by atoms with Crippen molar-refractivity contribution in [3.05, 3.63) is 64.6 Å². The van der Waals surface area contributed by atoms with Crippen molar-refractivity contribution in [1.82, 2.24) is 0 Å². The number of benzene rings is 3. The van der Waals surface area contributed by atoms with Gasteiger partial charge in [0.05, 0.1) is 10.0 Å². The summed E-state index contributed by atoms with van der Waals surface area (Å²) in [7, 11) is 0. The highest BCUT2D eigenvalue weighted by molar-refractivity contribution is 7.26. The summed E-state index contributed by atoms with van der Waals surface area (Å²) in [5, 5.41) is 13.5. The standard InChI is InChI=1S/C18H10Cl2OS/c19-12-9-13(20)17-11-6-2-4-8-15(11)22-18(17)16(12)10-5-1-3-7-14(10)21/h1-9,21H. The van der Waals surface area contributed by atoms with Gasteiger partial charge in [0.15, 0.2) is 0 Å². The first-order chi connectivity index (χ1) is 10.7. The first kappa shape index (κ1) is 13.9. The van der Waals surface area contributed by atoms with Crippen LogP contribution in [-0.2, 0) is 0 Å². The quantitative estimate of drug-likeness (QED) is 0.405. The van der Waals surface area contributed by atoms with Gasteiger partial charge in [0.25, 0.3) is 0 Å².